The van der Waals surface area contributed by atoms with Gasteiger partial charge in [0.2, 0.25) is 0 Å². The highest BCUT2D eigenvalue weighted by Crippen LogP contribution is 2.26. The van der Waals surface area contributed by atoms with Gasteiger partial charge in [0.05, 0.1) is 4.92 Å². The number of benzene rings is 1. The third kappa shape index (κ3) is 4.20. The van der Waals surface area contributed by atoms with Gasteiger partial charge in [-0.1, -0.05) is 0 Å². The first-order valence-electron chi connectivity index (χ1n) is 6.25. The second-order valence-corrected chi connectivity index (χ2v) is 4.40. The summed E-state index contributed by atoms with van der Waals surface area (Å²) in [5.74, 6) is -0.285. The fourth-order valence-electron chi connectivity index (χ4n) is 1.73. The van der Waals surface area contributed by atoms with E-state index in [-0.39, 0.29) is 17.6 Å². The number of nitro benzene ring substituents is 1. The van der Waals surface area contributed by atoms with E-state index < -0.39 is 4.92 Å². The highest BCUT2D eigenvalue weighted by Gasteiger charge is 2.17. The number of nitro groups is 1. The van der Waals surface area contributed by atoms with Gasteiger partial charge in [-0.25, -0.2) is 0 Å². The van der Waals surface area contributed by atoms with E-state index in [1.165, 1.54) is 25.2 Å². The summed E-state index contributed by atoms with van der Waals surface area (Å²) in [6.45, 7) is 2.45. The van der Waals surface area contributed by atoms with Crippen LogP contribution in [0.5, 0.6) is 0 Å². The van der Waals surface area contributed by atoms with Gasteiger partial charge in [-0.2, -0.15) is 0 Å². The van der Waals surface area contributed by atoms with Crippen molar-refractivity contribution in [3.8, 4) is 0 Å². The first-order chi connectivity index (χ1) is 9.49. The summed E-state index contributed by atoms with van der Waals surface area (Å²) in [5, 5.41) is 16.5. The normalized spacial score (nSPS) is 11.8. The molecule has 0 spiro atoms. The Kier molecular flexibility index (Phi) is 5.92. The molecule has 7 heteroatoms. The number of amides is 1. The van der Waals surface area contributed by atoms with Crippen molar-refractivity contribution in [1.29, 1.82) is 0 Å². The fraction of sp³-hybridized carbons (Fsp3) is 0.462. The van der Waals surface area contributed by atoms with Gasteiger partial charge in [0.1, 0.15) is 5.69 Å². The van der Waals surface area contributed by atoms with Crippen molar-refractivity contribution < 1.29 is 14.5 Å². The molecule has 0 aliphatic carbocycles. The Morgan fingerprint density at radius 1 is 1.50 bits per heavy atom. The molecule has 0 aliphatic rings. The lowest BCUT2D eigenvalue weighted by Gasteiger charge is -2.15. The van der Waals surface area contributed by atoms with E-state index in [0.29, 0.717) is 24.3 Å². The molecule has 0 saturated heterocycles. The number of anilines is 1. The Morgan fingerprint density at radius 3 is 2.75 bits per heavy atom. The van der Waals surface area contributed by atoms with Crippen molar-refractivity contribution >= 4 is 17.3 Å². The summed E-state index contributed by atoms with van der Waals surface area (Å²) in [6.07, 6.45) is 0.706. The maximum absolute atomic E-state index is 11.6. The van der Waals surface area contributed by atoms with Crippen LogP contribution in [-0.2, 0) is 4.74 Å². The second kappa shape index (κ2) is 7.44. The number of rotatable bonds is 7. The number of hydrogen-bond acceptors (Lipinski definition) is 5. The van der Waals surface area contributed by atoms with Gasteiger partial charge in [0.15, 0.2) is 0 Å². The lowest BCUT2D eigenvalue weighted by atomic mass is 10.1. The Morgan fingerprint density at radius 2 is 2.20 bits per heavy atom. The van der Waals surface area contributed by atoms with Gasteiger partial charge in [0.25, 0.3) is 11.6 Å². The molecular formula is C13H19N3O4. The molecule has 1 aromatic carbocycles. The van der Waals surface area contributed by atoms with E-state index in [4.69, 9.17) is 4.74 Å². The minimum atomic E-state index is -0.473. The van der Waals surface area contributed by atoms with Gasteiger partial charge in [-0.15, -0.1) is 0 Å². The van der Waals surface area contributed by atoms with E-state index in [9.17, 15) is 14.9 Å². The van der Waals surface area contributed by atoms with Crippen molar-refractivity contribution in [2.24, 2.45) is 0 Å². The van der Waals surface area contributed by atoms with Gasteiger partial charge < -0.3 is 15.4 Å². The van der Waals surface area contributed by atoms with E-state index in [0.717, 1.165) is 0 Å². The molecule has 1 aromatic rings. The smallest absolute Gasteiger partial charge is 0.292 e. The molecule has 0 radical (unpaired) electrons. The van der Waals surface area contributed by atoms with Crippen LogP contribution in [0.4, 0.5) is 11.4 Å². The van der Waals surface area contributed by atoms with Crippen LogP contribution in [0.3, 0.4) is 0 Å². The summed E-state index contributed by atoms with van der Waals surface area (Å²) < 4.78 is 4.97. The zero-order valence-electron chi connectivity index (χ0n) is 11.8. The zero-order chi connectivity index (χ0) is 15.1. The van der Waals surface area contributed by atoms with Gasteiger partial charge >= 0.3 is 0 Å². The van der Waals surface area contributed by atoms with Crippen LogP contribution in [-0.4, -0.2) is 37.6 Å². The third-order valence-corrected chi connectivity index (χ3v) is 2.84. The lowest BCUT2D eigenvalue weighted by Crippen LogP contribution is -2.20. The standard InChI is InChI=1S/C13H19N3O4/c1-9(6-7-20-3)15-11-8-10(13(17)14-2)4-5-12(11)16(18)19/h4-5,8-9,15H,6-7H2,1-3H3,(H,14,17). The largest absolute Gasteiger partial charge is 0.385 e. The molecule has 0 bridgehead atoms. The molecule has 1 atom stereocenters. The maximum atomic E-state index is 11.6. The van der Waals surface area contributed by atoms with Crippen LogP contribution in [0.1, 0.15) is 23.7 Å². The molecule has 20 heavy (non-hydrogen) atoms. The molecule has 0 fully saturated rings. The van der Waals surface area contributed by atoms with Crippen LogP contribution < -0.4 is 10.6 Å². The number of nitrogens with zero attached hydrogens (tertiary/aromatic N) is 1. The average Bonchev–Trinajstić information content (AvgIpc) is 2.43. The highest BCUT2D eigenvalue weighted by molar-refractivity contribution is 5.95. The van der Waals surface area contributed by atoms with Crippen LogP contribution >= 0.6 is 0 Å². The summed E-state index contributed by atoms with van der Waals surface area (Å²) >= 11 is 0. The van der Waals surface area contributed by atoms with E-state index in [1.807, 2.05) is 6.92 Å². The Hall–Kier alpha value is -2.15. The predicted molar refractivity (Wildman–Crippen MR) is 76.1 cm³/mol. The maximum Gasteiger partial charge on any atom is 0.292 e. The van der Waals surface area contributed by atoms with E-state index >= 15 is 0 Å². The molecule has 2 N–H and O–H groups in total. The van der Waals surface area contributed by atoms with Crippen molar-refractivity contribution in [3.05, 3.63) is 33.9 Å². The van der Waals surface area contributed by atoms with Crippen molar-refractivity contribution in [2.75, 3.05) is 26.1 Å². The predicted octanol–water partition coefficient (Wildman–Crippen LogP) is 1.79. The summed E-state index contributed by atoms with van der Waals surface area (Å²) in [5.41, 5.74) is 0.654. The average molecular weight is 281 g/mol. The molecule has 0 saturated carbocycles. The minimum absolute atomic E-state index is 0.00594. The zero-order valence-corrected chi connectivity index (χ0v) is 11.8. The molecule has 7 nitrogen and oxygen atoms in total. The molecular weight excluding hydrogens is 262 g/mol. The van der Waals surface area contributed by atoms with Crippen LogP contribution in [0.25, 0.3) is 0 Å². The van der Waals surface area contributed by atoms with Crippen LogP contribution in [0.15, 0.2) is 18.2 Å². The first-order valence-corrected chi connectivity index (χ1v) is 6.25. The monoisotopic (exact) mass is 281 g/mol. The topological polar surface area (TPSA) is 93.5 Å². The molecule has 1 rings (SSSR count). The Bertz CT molecular complexity index is 491. The number of methoxy groups -OCH3 is 1. The van der Waals surface area contributed by atoms with Gasteiger partial charge in [-0.05, 0) is 25.5 Å². The molecule has 110 valence electrons. The minimum Gasteiger partial charge on any atom is -0.385 e. The number of carbonyl (C=O) groups is 1. The summed E-state index contributed by atoms with van der Waals surface area (Å²) in [6, 6.07) is 4.24. The van der Waals surface area contributed by atoms with Crippen molar-refractivity contribution in [3.63, 3.8) is 0 Å². The van der Waals surface area contributed by atoms with E-state index in [1.54, 1.807) is 7.11 Å². The second-order valence-electron chi connectivity index (χ2n) is 4.40. The number of carbonyl (C=O) groups excluding carboxylic acids is 1. The summed E-state index contributed by atoms with van der Waals surface area (Å²) in [4.78, 5) is 22.1. The number of nitrogens with one attached hydrogen (secondary N) is 2. The molecule has 1 amide bonds. The van der Waals surface area contributed by atoms with Gasteiger partial charge in [0, 0.05) is 38.4 Å². The number of ether oxygens (including phenoxy) is 1. The van der Waals surface area contributed by atoms with Crippen LogP contribution in [0, 0.1) is 10.1 Å². The lowest BCUT2D eigenvalue weighted by molar-refractivity contribution is -0.384. The Labute approximate surface area is 117 Å². The highest BCUT2D eigenvalue weighted by atomic mass is 16.6. The quantitative estimate of drug-likeness (QED) is 0.587. The SMILES string of the molecule is CNC(=O)c1ccc([N+](=O)[O-])c(NC(C)CCOC)c1. The summed E-state index contributed by atoms with van der Waals surface area (Å²) in [7, 11) is 3.11. The van der Waals surface area contributed by atoms with E-state index in [2.05, 4.69) is 10.6 Å². The first kappa shape index (κ1) is 15.9. The fourth-order valence-corrected chi connectivity index (χ4v) is 1.73. The molecule has 0 aliphatic heterocycles. The van der Waals surface area contributed by atoms with Gasteiger partial charge in [-0.3, -0.25) is 14.9 Å². The van der Waals surface area contributed by atoms with Crippen molar-refractivity contribution in [2.45, 2.75) is 19.4 Å². The third-order valence-electron chi connectivity index (χ3n) is 2.84. The van der Waals surface area contributed by atoms with Crippen molar-refractivity contribution in [1.82, 2.24) is 5.32 Å². The number of hydrogen-bond donors (Lipinski definition) is 2. The van der Waals surface area contributed by atoms with Crippen LogP contribution in [0.2, 0.25) is 0 Å². The molecule has 0 heterocycles. The molecule has 0 aromatic heterocycles. The molecule has 1 unspecified atom stereocenters. The Balaban J connectivity index is 2.99.